The van der Waals surface area contributed by atoms with E-state index in [2.05, 4.69) is 48.5 Å². The second kappa shape index (κ2) is 9.49. The van der Waals surface area contributed by atoms with E-state index in [4.69, 9.17) is 4.74 Å². The van der Waals surface area contributed by atoms with E-state index in [9.17, 15) is 4.79 Å². The number of aryl methyl sites for hydroxylation is 1. The lowest BCUT2D eigenvalue weighted by molar-refractivity contribution is -0.135. The van der Waals surface area contributed by atoms with Crippen LogP contribution in [0.25, 0.3) is 0 Å². The third kappa shape index (κ3) is 5.29. The monoisotopic (exact) mass is 359 g/mol. The van der Waals surface area contributed by atoms with E-state index in [0.29, 0.717) is 25.7 Å². The Hall–Kier alpha value is -1.43. The molecule has 1 N–H and O–H groups in total. The smallest absolute Gasteiger partial charge is 0.237 e. The number of carbonyl (C=O) groups is 1. The maximum atomic E-state index is 13.1. The average molecular weight is 360 g/mol. The molecule has 2 aliphatic rings. The first kappa shape index (κ1) is 19.3. The van der Waals surface area contributed by atoms with Gasteiger partial charge in [0, 0.05) is 25.7 Å². The highest BCUT2D eigenvalue weighted by atomic mass is 16.5. The molecule has 26 heavy (non-hydrogen) atoms. The normalized spacial score (nSPS) is 21.3. The second-order valence-corrected chi connectivity index (χ2v) is 7.73. The van der Waals surface area contributed by atoms with E-state index in [1.165, 1.54) is 11.1 Å². The predicted molar refractivity (Wildman–Crippen MR) is 104 cm³/mol. The predicted octanol–water partition coefficient (Wildman–Crippen LogP) is 2.19. The van der Waals surface area contributed by atoms with Crippen LogP contribution in [0.4, 0.5) is 0 Å². The van der Waals surface area contributed by atoms with Crippen molar-refractivity contribution in [1.29, 1.82) is 0 Å². The van der Waals surface area contributed by atoms with Crippen LogP contribution in [-0.4, -0.2) is 67.7 Å². The first-order chi connectivity index (χ1) is 12.6. The van der Waals surface area contributed by atoms with Gasteiger partial charge in [-0.3, -0.25) is 9.69 Å². The van der Waals surface area contributed by atoms with Gasteiger partial charge in [-0.25, -0.2) is 0 Å². The van der Waals surface area contributed by atoms with Gasteiger partial charge in [0.15, 0.2) is 0 Å². The molecule has 3 rings (SSSR count). The number of benzene rings is 1. The van der Waals surface area contributed by atoms with E-state index in [-0.39, 0.29) is 12.0 Å². The molecule has 5 heteroatoms. The lowest BCUT2D eigenvalue weighted by atomic mass is 10.1. The molecule has 1 atom stereocenters. The molecule has 0 bridgehead atoms. The van der Waals surface area contributed by atoms with Crippen LogP contribution in [0.3, 0.4) is 0 Å². The zero-order chi connectivity index (χ0) is 18.4. The number of piperidine rings is 1. The van der Waals surface area contributed by atoms with Gasteiger partial charge >= 0.3 is 0 Å². The van der Waals surface area contributed by atoms with Crippen LogP contribution < -0.4 is 5.32 Å². The molecule has 0 aliphatic carbocycles. The Morgan fingerprint density at radius 3 is 2.69 bits per heavy atom. The number of nitrogens with zero attached hydrogens (tertiary/aromatic N) is 2. The zero-order valence-electron chi connectivity index (χ0n) is 16.2. The summed E-state index contributed by atoms with van der Waals surface area (Å²) >= 11 is 0. The maximum absolute atomic E-state index is 13.1. The van der Waals surface area contributed by atoms with Crippen LogP contribution in [0.15, 0.2) is 24.3 Å². The van der Waals surface area contributed by atoms with Crippen molar-refractivity contribution in [3.63, 3.8) is 0 Å². The van der Waals surface area contributed by atoms with E-state index in [1.807, 2.05) is 4.90 Å². The largest absolute Gasteiger partial charge is 0.376 e. The van der Waals surface area contributed by atoms with Gasteiger partial charge in [-0.2, -0.15) is 0 Å². The molecule has 1 aromatic carbocycles. The molecule has 0 unspecified atom stereocenters. The van der Waals surface area contributed by atoms with Gasteiger partial charge in [-0.1, -0.05) is 24.3 Å². The van der Waals surface area contributed by atoms with Gasteiger partial charge in [0.05, 0.1) is 12.6 Å². The molecular formula is C21H33N3O2. The number of nitrogens with one attached hydrogen (secondary N) is 1. The van der Waals surface area contributed by atoms with E-state index < -0.39 is 0 Å². The van der Waals surface area contributed by atoms with Crippen molar-refractivity contribution in [3.05, 3.63) is 35.4 Å². The summed E-state index contributed by atoms with van der Waals surface area (Å²) in [4.78, 5) is 17.4. The fraction of sp³-hybridized carbons (Fsp3) is 0.667. The van der Waals surface area contributed by atoms with Crippen molar-refractivity contribution >= 4 is 5.91 Å². The van der Waals surface area contributed by atoms with Crippen molar-refractivity contribution in [2.24, 2.45) is 0 Å². The summed E-state index contributed by atoms with van der Waals surface area (Å²) in [6, 6.07) is 8.85. The van der Waals surface area contributed by atoms with Crippen molar-refractivity contribution in [3.8, 4) is 0 Å². The summed E-state index contributed by atoms with van der Waals surface area (Å²) in [6.07, 6.45) is 4.58. The Morgan fingerprint density at radius 1 is 1.23 bits per heavy atom. The molecule has 2 heterocycles. The lowest BCUT2D eigenvalue weighted by Crippen LogP contribution is -2.47. The summed E-state index contributed by atoms with van der Waals surface area (Å²) in [7, 11) is 2.09. The minimum Gasteiger partial charge on any atom is -0.376 e. The highest BCUT2D eigenvalue weighted by Crippen LogP contribution is 2.18. The van der Waals surface area contributed by atoms with E-state index in [1.54, 1.807) is 0 Å². The van der Waals surface area contributed by atoms with Gasteiger partial charge < -0.3 is 15.0 Å². The molecule has 1 aromatic rings. The van der Waals surface area contributed by atoms with Gasteiger partial charge in [0.25, 0.3) is 0 Å². The number of hydrogen-bond donors (Lipinski definition) is 1. The van der Waals surface area contributed by atoms with Crippen molar-refractivity contribution in [2.75, 3.05) is 39.8 Å². The SMILES string of the molecule is Cc1ccccc1CN(C[C@H]1CCCO1)C(=O)CN(C)C1CCNCC1. The Kier molecular flexibility index (Phi) is 7.06. The Labute approximate surface area is 157 Å². The number of amides is 1. The minimum absolute atomic E-state index is 0.187. The maximum Gasteiger partial charge on any atom is 0.237 e. The molecule has 0 radical (unpaired) electrons. The van der Waals surface area contributed by atoms with Crippen molar-refractivity contribution in [1.82, 2.24) is 15.1 Å². The van der Waals surface area contributed by atoms with Gasteiger partial charge in [0.1, 0.15) is 0 Å². The molecule has 0 spiro atoms. The highest BCUT2D eigenvalue weighted by Gasteiger charge is 2.26. The molecule has 0 saturated carbocycles. The summed E-state index contributed by atoms with van der Waals surface area (Å²) < 4.78 is 5.81. The van der Waals surface area contributed by atoms with Crippen LogP contribution in [-0.2, 0) is 16.1 Å². The second-order valence-electron chi connectivity index (χ2n) is 7.73. The fourth-order valence-corrected chi connectivity index (χ4v) is 3.97. The highest BCUT2D eigenvalue weighted by molar-refractivity contribution is 5.78. The minimum atomic E-state index is 0.187. The van der Waals surface area contributed by atoms with Crippen LogP contribution in [0.5, 0.6) is 0 Å². The van der Waals surface area contributed by atoms with E-state index in [0.717, 1.165) is 45.4 Å². The number of carbonyl (C=O) groups excluding carboxylic acids is 1. The number of rotatable bonds is 7. The number of likely N-dealkylation sites (N-methyl/N-ethyl adjacent to an activating group) is 1. The van der Waals surface area contributed by atoms with Crippen LogP contribution in [0.2, 0.25) is 0 Å². The zero-order valence-corrected chi connectivity index (χ0v) is 16.2. The third-order valence-corrected chi connectivity index (χ3v) is 5.74. The Morgan fingerprint density at radius 2 is 2.00 bits per heavy atom. The van der Waals surface area contributed by atoms with E-state index >= 15 is 0 Å². The third-order valence-electron chi connectivity index (χ3n) is 5.74. The molecule has 2 saturated heterocycles. The summed E-state index contributed by atoms with van der Waals surface area (Å²) in [5, 5.41) is 3.39. The van der Waals surface area contributed by atoms with Crippen LogP contribution in [0, 0.1) is 6.92 Å². The topological polar surface area (TPSA) is 44.8 Å². The quantitative estimate of drug-likeness (QED) is 0.811. The molecule has 2 fully saturated rings. The van der Waals surface area contributed by atoms with Gasteiger partial charge in [-0.05, 0) is 63.9 Å². The van der Waals surface area contributed by atoms with Crippen molar-refractivity contribution in [2.45, 2.75) is 51.3 Å². The van der Waals surface area contributed by atoms with Gasteiger partial charge in [0.2, 0.25) is 5.91 Å². The standard InChI is InChI=1S/C21H33N3O2/c1-17-6-3-4-7-18(17)14-24(15-20-8-5-13-26-20)21(25)16-23(2)19-9-11-22-12-10-19/h3-4,6-7,19-20,22H,5,8-16H2,1-2H3/t20-/m1/s1. The molecule has 0 aromatic heterocycles. The van der Waals surface area contributed by atoms with Crippen LogP contribution in [0.1, 0.15) is 36.8 Å². The summed E-state index contributed by atoms with van der Waals surface area (Å²) in [6.45, 7) is 6.90. The average Bonchev–Trinajstić information content (AvgIpc) is 3.16. The Bertz CT molecular complexity index is 580. The molecule has 144 valence electrons. The number of ether oxygens (including phenoxy) is 1. The summed E-state index contributed by atoms with van der Waals surface area (Å²) in [5.41, 5.74) is 2.47. The van der Waals surface area contributed by atoms with Crippen molar-refractivity contribution < 1.29 is 9.53 Å². The van der Waals surface area contributed by atoms with Crippen LogP contribution >= 0.6 is 0 Å². The lowest BCUT2D eigenvalue weighted by Gasteiger charge is -2.33. The molecule has 2 aliphatic heterocycles. The van der Waals surface area contributed by atoms with Gasteiger partial charge in [-0.15, -0.1) is 0 Å². The fourth-order valence-electron chi connectivity index (χ4n) is 3.97. The molecule has 5 nitrogen and oxygen atoms in total. The Balaban J connectivity index is 1.64. The molecule has 1 amide bonds. The first-order valence-corrected chi connectivity index (χ1v) is 9.98. The number of hydrogen-bond acceptors (Lipinski definition) is 4. The molecular weight excluding hydrogens is 326 g/mol. The summed E-state index contributed by atoms with van der Waals surface area (Å²) in [5.74, 6) is 0.213. The first-order valence-electron chi connectivity index (χ1n) is 9.98.